The summed E-state index contributed by atoms with van der Waals surface area (Å²) in [7, 11) is 0. The van der Waals surface area contributed by atoms with Crippen LogP contribution in [0.2, 0.25) is 0 Å². The molecule has 0 spiro atoms. The summed E-state index contributed by atoms with van der Waals surface area (Å²) in [5.74, 6) is -0.322. The Morgan fingerprint density at radius 2 is 2.00 bits per heavy atom. The average molecular weight is 220 g/mol. The molecule has 3 N–H and O–H groups in total. The molecule has 1 rings (SSSR count). The first-order valence-corrected chi connectivity index (χ1v) is 4.22. The Morgan fingerprint density at radius 3 is 2.50 bits per heavy atom. The highest BCUT2D eigenvalue weighted by atomic mass is 35.5. The molecule has 2 nitrogen and oxygen atoms in total. The minimum atomic E-state index is -0.666. The number of aliphatic hydroxyl groups is 1. The Labute approximate surface area is 89.3 Å². The van der Waals surface area contributed by atoms with E-state index in [9.17, 15) is 9.50 Å². The van der Waals surface area contributed by atoms with Crippen molar-refractivity contribution in [2.75, 3.05) is 0 Å². The third-order valence-corrected chi connectivity index (χ3v) is 2.12. The fourth-order valence-corrected chi connectivity index (χ4v) is 1.23. The van der Waals surface area contributed by atoms with E-state index in [2.05, 4.69) is 0 Å². The van der Waals surface area contributed by atoms with Crippen molar-refractivity contribution in [3.63, 3.8) is 0 Å². The Bertz CT molecular complexity index is 304. The first-order chi connectivity index (χ1) is 6.02. The molecule has 0 bridgehead atoms. The molecule has 80 valence electrons. The van der Waals surface area contributed by atoms with Gasteiger partial charge in [0, 0.05) is 0 Å². The summed E-state index contributed by atoms with van der Waals surface area (Å²) in [4.78, 5) is 0. The number of hydrogen-bond donors (Lipinski definition) is 2. The molecule has 0 radical (unpaired) electrons. The van der Waals surface area contributed by atoms with Gasteiger partial charge in [-0.3, -0.25) is 0 Å². The van der Waals surface area contributed by atoms with Crippen molar-refractivity contribution >= 4 is 12.4 Å². The second-order valence-corrected chi connectivity index (χ2v) is 3.27. The molecular weight excluding hydrogens is 205 g/mol. The predicted octanol–water partition coefficient (Wildman–Crippen LogP) is 1.94. The highest BCUT2D eigenvalue weighted by Gasteiger charge is 2.14. The number of rotatable bonds is 2. The van der Waals surface area contributed by atoms with Crippen LogP contribution in [0, 0.1) is 12.7 Å². The van der Waals surface area contributed by atoms with Gasteiger partial charge in [-0.25, -0.2) is 4.39 Å². The smallest absolute Gasteiger partial charge is 0.123 e. The van der Waals surface area contributed by atoms with Crippen LogP contribution in [-0.4, -0.2) is 11.2 Å². The van der Waals surface area contributed by atoms with Crippen molar-refractivity contribution < 1.29 is 9.50 Å². The Balaban J connectivity index is 0.00000169. The largest absolute Gasteiger partial charge is 0.391 e. The summed E-state index contributed by atoms with van der Waals surface area (Å²) < 4.78 is 12.8. The summed E-state index contributed by atoms with van der Waals surface area (Å²) in [6.45, 7) is 3.44. The summed E-state index contributed by atoms with van der Waals surface area (Å²) in [6.07, 6.45) is -0.666. The molecule has 14 heavy (non-hydrogen) atoms. The van der Waals surface area contributed by atoms with E-state index in [1.807, 2.05) is 6.92 Å². The van der Waals surface area contributed by atoms with E-state index in [1.54, 1.807) is 13.0 Å². The molecular formula is C10H15ClFNO. The normalized spacial score (nSPS) is 14.4. The van der Waals surface area contributed by atoms with Gasteiger partial charge in [-0.2, -0.15) is 0 Å². The maximum atomic E-state index is 12.8. The molecule has 0 aliphatic carbocycles. The van der Waals surface area contributed by atoms with E-state index in [4.69, 9.17) is 5.73 Å². The van der Waals surface area contributed by atoms with Gasteiger partial charge in [0.2, 0.25) is 0 Å². The van der Waals surface area contributed by atoms with Crippen LogP contribution >= 0.6 is 12.4 Å². The van der Waals surface area contributed by atoms with Gasteiger partial charge >= 0.3 is 0 Å². The predicted molar refractivity (Wildman–Crippen MR) is 57.0 cm³/mol. The lowest BCUT2D eigenvalue weighted by molar-refractivity contribution is 0.164. The van der Waals surface area contributed by atoms with Gasteiger partial charge in [0.25, 0.3) is 0 Å². The van der Waals surface area contributed by atoms with Crippen LogP contribution < -0.4 is 5.73 Å². The van der Waals surface area contributed by atoms with Crippen molar-refractivity contribution in [2.45, 2.75) is 26.0 Å². The molecule has 0 saturated carbocycles. The van der Waals surface area contributed by atoms with E-state index >= 15 is 0 Å². The zero-order chi connectivity index (χ0) is 10.0. The Kier molecular flexibility index (Phi) is 5.05. The lowest BCUT2D eigenvalue weighted by Crippen LogP contribution is -2.24. The van der Waals surface area contributed by atoms with Crippen LogP contribution in [-0.2, 0) is 0 Å². The van der Waals surface area contributed by atoms with Gasteiger partial charge in [0.1, 0.15) is 5.82 Å². The van der Waals surface area contributed by atoms with Crippen LogP contribution in [0.25, 0.3) is 0 Å². The van der Waals surface area contributed by atoms with E-state index in [0.717, 1.165) is 5.56 Å². The fourth-order valence-electron chi connectivity index (χ4n) is 1.23. The minimum Gasteiger partial charge on any atom is -0.391 e. The molecule has 0 fully saturated rings. The van der Waals surface area contributed by atoms with Crippen molar-refractivity contribution in [1.29, 1.82) is 0 Å². The highest BCUT2D eigenvalue weighted by molar-refractivity contribution is 5.85. The molecule has 0 aromatic heterocycles. The van der Waals surface area contributed by atoms with Crippen LogP contribution in [0.15, 0.2) is 18.2 Å². The van der Waals surface area contributed by atoms with Gasteiger partial charge < -0.3 is 10.8 Å². The molecule has 0 amide bonds. The lowest BCUT2D eigenvalue weighted by Gasteiger charge is -2.17. The topological polar surface area (TPSA) is 46.2 Å². The van der Waals surface area contributed by atoms with E-state index in [1.165, 1.54) is 12.1 Å². The van der Waals surface area contributed by atoms with Gasteiger partial charge in [0.15, 0.2) is 0 Å². The summed E-state index contributed by atoms with van der Waals surface area (Å²) in [6, 6.07) is 3.89. The number of aliphatic hydroxyl groups excluding tert-OH is 1. The fraction of sp³-hybridized carbons (Fsp3) is 0.400. The van der Waals surface area contributed by atoms with Crippen LogP contribution in [0.4, 0.5) is 4.39 Å². The van der Waals surface area contributed by atoms with E-state index in [-0.39, 0.29) is 18.2 Å². The van der Waals surface area contributed by atoms with Gasteiger partial charge in [-0.05, 0) is 37.1 Å². The molecule has 0 aliphatic rings. The molecule has 1 aromatic carbocycles. The van der Waals surface area contributed by atoms with Crippen LogP contribution in [0.3, 0.4) is 0 Å². The van der Waals surface area contributed by atoms with E-state index in [0.29, 0.717) is 5.56 Å². The van der Waals surface area contributed by atoms with Crippen molar-refractivity contribution in [3.05, 3.63) is 35.1 Å². The molecule has 0 heterocycles. The Hall–Kier alpha value is -0.640. The monoisotopic (exact) mass is 219 g/mol. The number of hydrogen-bond acceptors (Lipinski definition) is 2. The van der Waals surface area contributed by atoms with Crippen molar-refractivity contribution in [3.8, 4) is 0 Å². The zero-order valence-corrected chi connectivity index (χ0v) is 9.01. The first kappa shape index (κ1) is 13.4. The number of halogens is 2. The summed E-state index contributed by atoms with van der Waals surface area (Å²) in [5, 5.41) is 9.24. The van der Waals surface area contributed by atoms with Crippen LogP contribution in [0.1, 0.15) is 24.1 Å². The Morgan fingerprint density at radius 1 is 1.43 bits per heavy atom. The van der Waals surface area contributed by atoms with Crippen molar-refractivity contribution in [2.24, 2.45) is 5.73 Å². The number of nitrogens with two attached hydrogens (primary N) is 1. The molecule has 0 saturated heterocycles. The molecule has 4 heteroatoms. The third-order valence-electron chi connectivity index (χ3n) is 2.12. The zero-order valence-electron chi connectivity index (χ0n) is 8.20. The molecule has 0 unspecified atom stereocenters. The molecule has 2 atom stereocenters. The standard InChI is InChI=1S/C10H14FNO.ClH/c1-6-3-4-8(11)5-9(6)10(12)7(2)13;/h3-5,7,10,13H,12H2,1-2H3;1H/t7-,10-;/m1./s1. The molecule has 1 aromatic rings. The summed E-state index contributed by atoms with van der Waals surface area (Å²) >= 11 is 0. The van der Waals surface area contributed by atoms with Gasteiger partial charge in [-0.15, -0.1) is 12.4 Å². The van der Waals surface area contributed by atoms with Crippen molar-refractivity contribution in [1.82, 2.24) is 0 Å². The highest BCUT2D eigenvalue weighted by Crippen LogP contribution is 2.19. The maximum Gasteiger partial charge on any atom is 0.123 e. The first-order valence-electron chi connectivity index (χ1n) is 4.22. The van der Waals surface area contributed by atoms with E-state index < -0.39 is 12.1 Å². The lowest BCUT2D eigenvalue weighted by atomic mass is 9.98. The van der Waals surface area contributed by atoms with Gasteiger partial charge in [-0.1, -0.05) is 6.07 Å². The SMILES string of the molecule is Cc1ccc(F)cc1[C@H](N)[C@@H](C)O.Cl. The third kappa shape index (κ3) is 2.94. The summed E-state index contributed by atoms with van der Waals surface area (Å²) in [5.41, 5.74) is 7.25. The number of aryl methyl sites for hydroxylation is 1. The maximum absolute atomic E-state index is 12.8. The second kappa shape index (κ2) is 5.29. The van der Waals surface area contributed by atoms with Gasteiger partial charge in [0.05, 0.1) is 12.1 Å². The quantitative estimate of drug-likeness (QED) is 0.799. The second-order valence-electron chi connectivity index (χ2n) is 3.27. The van der Waals surface area contributed by atoms with Crippen LogP contribution in [0.5, 0.6) is 0 Å². The minimum absolute atomic E-state index is 0. The average Bonchev–Trinajstić information content (AvgIpc) is 2.08. The molecule has 0 aliphatic heterocycles. The number of benzene rings is 1.